The lowest BCUT2D eigenvalue weighted by Crippen LogP contribution is -2.36. The maximum absolute atomic E-state index is 14.1. The molecule has 1 aliphatic carbocycles. The van der Waals surface area contributed by atoms with Crippen LogP contribution in [0.2, 0.25) is 0 Å². The fourth-order valence-corrected chi connectivity index (χ4v) is 5.93. The standard InChI is InChI=1S/C32H38O8/c1-39-29-16-20(9-11-26(29)35)8-10-25(34)24(15-21-6-5-7-23(33)14-21)28(37)19-32(12-3-4-13-32)22-17-27(36)31(38)30(18-22)40-2/h5-7,9,11,14,16-18,24-25,33-36,38H,3-4,8,10,12-13,15,19H2,1-2H3/t24-,25-/m1/s1. The van der Waals surface area contributed by atoms with Gasteiger partial charge < -0.3 is 35.0 Å². The molecule has 3 aromatic rings. The Morgan fingerprint density at radius 3 is 2.27 bits per heavy atom. The summed E-state index contributed by atoms with van der Waals surface area (Å²) in [5.41, 5.74) is 1.77. The smallest absolute Gasteiger partial charge is 0.200 e. The van der Waals surface area contributed by atoms with E-state index in [1.165, 1.54) is 20.3 Å². The predicted molar refractivity (Wildman–Crippen MR) is 150 cm³/mol. The lowest BCUT2D eigenvalue weighted by Gasteiger charge is -2.32. The van der Waals surface area contributed by atoms with Crippen LogP contribution in [0.1, 0.15) is 55.2 Å². The number of rotatable bonds is 12. The van der Waals surface area contributed by atoms with Crippen LogP contribution in [0, 0.1) is 5.92 Å². The summed E-state index contributed by atoms with van der Waals surface area (Å²) in [4.78, 5) is 14.1. The zero-order valence-corrected chi connectivity index (χ0v) is 23.0. The highest BCUT2D eigenvalue weighted by molar-refractivity contribution is 5.83. The van der Waals surface area contributed by atoms with E-state index in [9.17, 15) is 30.3 Å². The first-order chi connectivity index (χ1) is 19.2. The van der Waals surface area contributed by atoms with Crippen molar-refractivity contribution in [2.45, 2.75) is 62.9 Å². The molecule has 1 fully saturated rings. The van der Waals surface area contributed by atoms with Crippen LogP contribution in [-0.4, -0.2) is 51.6 Å². The summed E-state index contributed by atoms with van der Waals surface area (Å²) >= 11 is 0. The Hall–Kier alpha value is -3.91. The van der Waals surface area contributed by atoms with Gasteiger partial charge in [0.2, 0.25) is 5.75 Å². The van der Waals surface area contributed by atoms with Gasteiger partial charge in [-0.3, -0.25) is 4.79 Å². The molecule has 3 aromatic carbocycles. The molecule has 0 unspecified atom stereocenters. The number of aromatic hydroxyl groups is 4. The van der Waals surface area contributed by atoms with Crippen molar-refractivity contribution in [2.24, 2.45) is 5.92 Å². The van der Waals surface area contributed by atoms with E-state index in [1.54, 1.807) is 42.5 Å². The number of carbonyl (C=O) groups excluding carboxylic acids is 1. The van der Waals surface area contributed by atoms with E-state index in [-0.39, 0.29) is 47.4 Å². The van der Waals surface area contributed by atoms with Crippen LogP contribution in [-0.2, 0) is 23.1 Å². The fraction of sp³-hybridized carbons (Fsp3) is 0.406. The maximum atomic E-state index is 14.1. The number of carbonyl (C=O) groups is 1. The van der Waals surface area contributed by atoms with Crippen LogP contribution >= 0.6 is 0 Å². The van der Waals surface area contributed by atoms with Crippen LogP contribution in [0.15, 0.2) is 54.6 Å². The zero-order valence-electron chi connectivity index (χ0n) is 23.0. The Bertz CT molecular complexity index is 1330. The molecule has 8 nitrogen and oxygen atoms in total. The second-order valence-corrected chi connectivity index (χ2v) is 10.8. The molecule has 0 aromatic heterocycles. The minimum atomic E-state index is -0.962. The van der Waals surface area contributed by atoms with Gasteiger partial charge in [0, 0.05) is 17.8 Å². The third-order valence-electron chi connectivity index (χ3n) is 8.18. The van der Waals surface area contributed by atoms with Gasteiger partial charge in [-0.05, 0) is 85.2 Å². The van der Waals surface area contributed by atoms with Crippen molar-refractivity contribution >= 4 is 5.78 Å². The van der Waals surface area contributed by atoms with Crippen molar-refractivity contribution in [2.75, 3.05) is 14.2 Å². The Kier molecular flexibility index (Phi) is 9.10. The number of ketones is 1. The van der Waals surface area contributed by atoms with Crippen LogP contribution in [0.25, 0.3) is 0 Å². The summed E-state index contributed by atoms with van der Waals surface area (Å²) in [6.07, 6.45) is 3.53. The molecule has 0 amide bonds. The number of phenolic OH excluding ortho intramolecular Hbond substituents is 4. The first-order valence-corrected chi connectivity index (χ1v) is 13.6. The first-order valence-electron chi connectivity index (χ1n) is 13.6. The third-order valence-corrected chi connectivity index (χ3v) is 8.18. The molecule has 0 saturated heterocycles. The molecule has 2 atom stereocenters. The quantitative estimate of drug-likeness (QED) is 0.195. The molecular formula is C32H38O8. The highest BCUT2D eigenvalue weighted by Gasteiger charge is 2.41. The Morgan fingerprint density at radius 1 is 0.875 bits per heavy atom. The van der Waals surface area contributed by atoms with E-state index < -0.39 is 17.4 Å². The number of benzene rings is 3. The minimum Gasteiger partial charge on any atom is -0.508 e. The average Bonchev–Trinajstić information content (AvgIpc) is 3.42. The summed E-state index contributed by atoms with van der Waals surface area (Å²) in [5, 5.41) is 51.8. The van der Waals surface area contributed by atoms with E-state index in [0.29, 0.717) is 18.6 Å². The minimum absolute atomic E-state index is 0.0301. The monoisotopic (exact) mass is 550 g/mol. The SMILES string of the molecule is COc1cc(CC[C@@H](O)[C@@H](Cc2cccc(O)c2)C(=O)CC2(c3cc(O)c(O)c(OC)c3)CCCC2)ccc1O. The highest BCUT2D eigenvalue weighted by Crippen LogP contribution is 2.49. The van der Waals surface area contributed by atoms with Crippen molar-refractivity contribution in [3.8, 4) is 34.5 Å². The molecular weight excluding hydrogens is 512 g/mol. The topological polar surface area (TPSA) is 137 Å². The van der Waals surface area contributed by atoms with Gasteiger partial charge in [0.05, 0.1) is 20.3 Å². The van der Waals surface area contributed by atoms with E-state index in [0.717, 1.165) is 42.4 Å². The van der Waals surface area contributed by atoms with Gasteiger partial charge >= 0.3 is 0 Å². The number of hydrogen-bond donors (Lipinski definition) is 5. The molecule has 0 radical (unpaired) electrons. The molecule has 4 rings (SSSR count). The number of ether oxygens (including phenoxy) is 2. The maximum Gasteiger partial charge on any atom is 0.200 e. The molecule has 214 valence electrons. The van der Waals surface area contributed by atoms with E-state index in [2.05, 4.69) is 0 Å². The Morgan fingerprint density at radius 2 is 1.60 bits per heavy atom. The van der Waals surface area contributed by atoms with Gasteiger partial charge in [-0.1, -0.05) is 31.0 Å². The highest BCUT2D eigenvalue weighted by atomic mass is 16.5. The van der Waals surface area contributed by atoms with Gasteiger partial charge in [0.15, 0.2) is 23.0 Å². The third kappa shape index (κ3) is 6.45. The van der Waals surface area contributed by atoms with Gasteiger partial charge in [0.1, 0.15) is 11.5 Å². The summed E-state index contributed by atoms with van der Waals surface area (Å²) in [6, 6.07) is 14.9. The summed E-state index contributed by atoms with van der Waals surface area (Å²) in [5.74, 6) is -0.860. The molecule has 0 aliphatic heterocycles. The molecule has 5 N–H and O–H groups in total. The van der Waals surface area contributed by atoms with Crippen LogP contribution in [0.3, 0.4) is 0 Å². The number of Topliss-reactive ketones (excluding diaryl/α,β-unsaturated/α-hetero) is 1. The van der Waals surface area contributed by atoms with Crippen molar-refractivity contribution in [1.29, 1.82) is 0 Å². The number of phenols is 4. The molecule has 1 aliphatic rings. The lowest BCUT2D eigenvalue weighted by molar-refractivity contribution is -0.127. The number of hydrogen-bond acceptors (Lipinski definition) is 8. The molecule has 0 heterocycles. The van der Waals surface area contributed by atoms with Crippen molar-refractivity contribution in [3.05, 3.63) is 71.3 Å². The largest absolute Gasteiger partial charge is 0.508 e. The number of aryl methyl sites for hydroxylation is 1. The van der Waals surface area contributed by atoms with E-state index in [1.807, 2.05) is 6.07 Å². The van der Waals surface area contributed by atoms with Gasteiger partial charge in [-0.15, -0.1) is 0 Å². The van der Waals surface area contributed by atoms with E-state index >= 15 is 0 Å². The lowest BCUT2D eigenvalue weighted by atomic mass is 9.71. The second-order valence-electron chi connectivity index (χ2n) is 10.8. The van der Waals surface area contributed by atoms with Crippen LogP contribution in [0.4, 0.5) is 0 Å². The summed E-state index contributed by atoms with van der Waals surface area (Å²) in [6.45, 7) is 0. The van der Waals surface area contributed by atoms with Gasteiger partial charge in [-0.2, -0.15) is 0 Å². The van der Waals surface area contributed by atoms with E-state index in [4.69, 9.17) is 9.47 Å². The number of methoxy groups -OCH3 is 2. The molecule has 8 heteroatoms. The van der Waals surface area contributed by atoms with Crippen molar-refractivity contribution in [3.63, 3.8) is 0 Å². The van der Waals surface area contributed by atoms with Gasteiger partial charge in [0.25, 0.3) is 0 Å². The Balaban J connectivity index is 1.61. The predicted octanol–water partition coefficient (Wildman–Crippen LogP) is 5.15. The fourth-order valence-electron chi connectivity index (χ4n) is 5.93. The van der Waals surface area contributed by atoms with Crippen LogP contribution in [0.5, 0.6) is 34.5 Å². The molecule has 0 bridgehead atoms. The normalized spacial score (nSPS) is 15.9. The van der Waals surface area contributed by atoms with Gasteiger partial charge in [-0.25, -0.2) is 0 Å². The van der Waals surface area contributed by atoms with Crippen molar-refractivity contribution in [1.82, 2.24) is 0 Å². The molecule has 40 heavy (non-hydrogen) atoms. The van der Waals surface area contributed by atoms with Crippen molar-refractivity contribution < 1.29 is 39.8 Å². The molecule has 1 saturated carbocycles. The summed E-state index contributed by atoms with van der Waals surface area (Å²) < 4.78 is 10.5. The van der Waals surface area contributed by atoms with Crippen LogP contribution < -0.4 is 9.47 Å². The second kappa shape index (κ2) is 12.5. The molecule has 0 spiro atoms. The first kappa shape index (κ1) is 29.1. The Labute approximate surface area is 234 Å². The average molecular weight is 551 g/mol. The zero-order chi connectivity index (χ0) is 28.9. The number of aliphatic hydroxyl groups is 1. The summed E-state index contributed by atoms with van der Waals surface area (Å²) in [7, 11) is 2.88. The number of aliphatic hydroxyl groups excluding tert-OH is 1.